The summed E-state index contributed by atoms with van der Waals surface area (Å²) in [4.78, 5) is 10.6. The smallest absolute Gasteiger partial charge is 0.221 e. The van der Waals surface area contributed by atoms with Crippen LogP contribution in [-0.4, -0.2) is 39.7 Å². The summed E-state index contributed by atoms with van der Waals surface area (Å²) in [5, 5.41) is 10.3. The molecule has 0 fully saturated rings. The van der Waals surface area contributed by atoms with E-state index >= 15 is 0 Å². The summed E-state index contributed by atoms with van der Waals surface area (Å²) in [6.07, 6.45) is 1.59. The lowest BCUT2D eigenvalue weighted by Crippen LogP contribution is -2.35. The van der Waals surface area contributed by atoms with Crippen molar-refractivity contribution in [3.05, 3.63) is 53.2 Å². The molecule has 0 spiro atoms. The van der Waals surface area contributed by atoms with E-state index in [-0.39, 0.29) is 5.82 Å². The minimum absolute atomic E-state index is 0.336. The van der Waals surface area contributed by atoms with Gasteiger partial charge in [-0.3, -0.25) is 4.90 Å². The first-order valence-electron chi connectivity index (χ1n) is 7.78. The van der Waals surface area contributed by atoms with E-state index in [0.717, 1.165) is 24.2 Å². The maximum atomic E-state index is 13.3. The fourth-order valence-corrected chi connectivity index (χ4v) is 2.85. The molecule has 0 bridgehead atoms. The molecule has 0 amide bonds. The second kappa shape index (κ2) is 7.02. The van der Waals surface area contributed by atoms with Crippen molar-refractivity contribution >= 4 is 0 Å². The Hall–Kier alpha value is -2.05. The first-order chi connectivity index (χ1) is 11.2. The molecule has 122 valence electrons. The van der Waals surface area contributed by atoms with Gasteiger partial charge in [0.05, 0.1) is 18.4 Å². The Morgan fingerprint density at radius 2 is 2.26 bits per heavy atom. The van der Waals surface area contributed by atoms with Crippen LogP contribution in [0.1, 0.15) is 29.8 Å². The van der Waals surface area contributed by atoms with E-state index in [1.807, 2.05) is 6.92 Å². The summed E-state index contributed by atoms with van der Waals surface area (Å²) in [6, 6.07) is 6.09. The molecule has 0 saturated heterocycles. The molecule has 1 atom stereocenters. The first kappa shape index (κ1) is 15.8. The maximum absolute atomic E-state index is 13.3. The normalized spacial score (nSPS) is 16.0. The second-order valence-electron chi connectivity index (χ2n) is 5.59. The highest BCUT2D eigenvalue weighted by molar-refractivity contribution is 5.31. The van der Waals surface area contributed by atoms with Crippen molar-refractivity contribution in [2.75, 3.05) is 19.7 Å². The van der Waals surface area contributed by atoms with Crippen LogP contribution >= 0.6 is 0 Å². The molecule has 1 aromatic carbocycles. The van der Waals surface area contributed by atoms with E-state index in [2.05, 4.69) is 14.9 Å². The number of aliphatic hydroxyl groups excluding tert-OH is 1. The number of aromatic nitrogens is 2. The Morgan fingerprint density at radius 3 is 3.04 bits per heavy atom. The van der Waals surface area contributed by atoms with Gasteiger partial charge in [0.2, 0.25) is 5.88 Å². The van der Waals surface area contributed by atoms with E-state index in [0.29, 0.717) is 31.1 Å². The summed E-state index contributed by atoms with van der Waals surface area (Å²) in [5.74, 6) is 0.278. The van der Waals surface area contributed by atoms with Gasteiger partial charge in [-0.25, -0.2) is 14.4 Å². The molecule has 1 aliphatic heterocycles. The standard InChI is InChI=1S/C17H20FN3O2/c1-2-23-17-14-9-21(7-6-15(14)19-11-20-17)10-16(22)12-4-3-5-13(18)8-12/h3-5,8,11,16,22H,2,6-7,9-10H2,1H3. The molecule has 1 aliphatic rings. The van der Waals surface area contributed by atoms with Crippen molar-refractivity contribution in [3.8, 4) is 5.88 Å². The zero-order valence-corrected chi connectivity index (χ0v) is 13.1. The van der Waals surface area contributed by atoms with E-state index in [1.54, 1.807) is 12.1 Å². The number of hydrogen-bond donors (Lipinski definition) is 1. The topological polar surface area (TPSA) is 58.5 Å². The predicted molar refractivity (Wildman–Crippen MR) is 83.5 cm³/mol. The molecular weight excluding hydrogens is 297 g/mol. The Morgan fingerprint density at radius 1 is 1.39 bits per heavy atom. The lowest BCUT2D eigenvalue weighted by Gasteiger charge is -2.30. The molecule has 5 nitrogen and oxygen atoms in total. The molecule has 1 aromatic heterocycles. The zero-order chi connectivity index (χ0) is 16.2. The highest BCUT2D eigenvalue weighted by atomic mass is 19.1. The van der Waals surface area contributed by atoms with Gasteiger partial charge in [0, 0.05) is 31.6 Å². The maximum Gasteiger partial charge on any atom is 0.221 e. The number of aliphatic hydroxyl groups is 1. The third kappa shape index (κ3) is 3.65. The molecule has 0 aliphatic carbocycles. The monoisotopic (exact) mass is 317 g/mol. The van der Waals surface area contributed by atoms with Crippen LogP contribution < -0.4 is 4.74 Å². The molecule has 1 N–H and O–H groups in total. The van der Waals surface area contributed by atoms with Crippen molar-refractivity contribution in [3.63, 3.8) is 0 Å². The molecule has 3 rings (SSSR count). The van der Waals surface area contributed by atoms with Crippen LogP contribution in [0.15, 0.2) is 30.6 Å². The second-order valence-corrected chi connectivity index (χ2v) is 5.59. The van der Waals surface area contributed by atoms with Crippen LogP contribution in [0, 0.1) is 5.82 Å². The molecular formula is C17H20FN3O2. The van der Waals surface area contributed by atoms with E-state index in [9.17, 15) is 9.50 Å². The summed E-state index contributed by atoms with van der Waals surface area (Å²) in [6.45, 7) is 4.32. The van der Waals surface area contributed by atoms with Crippen molar-refractivity contribution in [2.45, 2.75) is 26.0 Å². The highest BCUT2D eigenvalue weighted by Crippen LogP contribution is 2.26. The largest absolute Gasteiger partial charge is 0.478 e. The van der Waals surface area contributed by atoms with Crippen LogP contribution in [0.5, 0.6) is 5.88 Å². The SMILES string of the molecule is CCOc1ncnc2c1CN(CC(O)c1cccc(F)c1)CC2. The molecule has 2 heterocycles. The van der Waals surface area contributed by atoms with E-state index < -0.39 is 6.10 Å². The van der Waals surface area contributed by atoms with Gasteiger partial charge in [-0.15, -0.1) is 0 Å². The third-order valence-corrected chi connectivity index (χ3v) is 3.99. The minimum Gasteiger partial charge on any atom is -0.478 e. The van der Waals surface area contributed by atoms with Crippen molar-refractivity contribution in [1.29, 1.82) is 0 Å². The average Bonchev–Trinajstić information content (AvgIpc) is 2.55. The van der Waals surface area contributed by atoms with Crippen LogP contribution in [0.3, 0.4) is 0 Å². The lowest BCUT2D eigenvalue weighted by atomic mass is 10.0. The number of nitrogens with zero attached hydrogens (tertiary/aromatic N) is 3. The third-order valence-electron chi connectivity index (χ3n) is 3.99. The van der Waals surface area contributed by atoms with Gasteiger partial charge in [0.25, 0.3) is 0 Å². The Kier molecular flexibility index (Phi) is 4.83. The van der Waals surface area contributed by atoms with Crippen LogP contribution in [0.25, 0.3) is 0 Å². The number of rotatable bonds is 5. The van der Waals surface area contributed by atoms with Crippen molar-refractivity contribution in [1.82, 2.24) is 14.9 Å². The van der Waals surface area contributed by atoms with E-state index in [4.69, 9.17) is 4.74 Å². The number of β-amino-alcohol motifs (C(OH)–C–C–N with tert-alkyl or cyclic N) is 1. The van der Waals surface area contributed by atoms with Crippen molar-refractivity contribution in [2.24, 2.45) is 0 Å². The summed E-state index contributed by atoms with van der Waals surface area (Å²) >= 11 is 0. The first-order valence-corrected chi connectivity index (χ1v) is 7.78. The molecule has 2 aromatic rings. The predicted octanol–water partition coefficient (Wildman–Crippen LogP) is 2.11. The number of hydrogen-bond acceptors (Lipinski definition) is 5. The summed E-state index contributed by atoms with van der Waals surface area (Å²) in [5.41, 5.74) is 2.57. The quantitative estimate of drug-likeness (QED) is 0.915. The Bertz CT molecular complexity index is 681. The number of benzene rings is 1. The van der Waals surface area contributed by atoms with Gasteiger partial charge in [-0.05, 0) is 24.6 Å². The van der Waals surface area contributed by atoms with Gasteiger partial charge in [-0.1, -0.05) is 12.1 Å². The minimum atomic E-state index is -0.729. The average molecular weight is 317 g/mol. The summed E-state index contributed by atoms with van der Waals surface area (Å²) < 4.78 is 18.9. The van der Waals surface area contributed by atoms with Gasteiger partial charge in [0.15, 0.2) is 0 Å². The lowest BCUT2D eigenvalue weighted by molar-refractivity contribution is 0.104. The molecule has 6 heteroatoms. The van der Waals surface area contributed by atoms with Gasteiger partial charge < -0.3 is 9.84 Å². The Labute approximate surface area is 134 Å². The molecule has 23 heavy (non-hydrogen) atoms. The van der Waals surface area contributed by atoms with Crippen LogP contribution in [0.2, 0.25) is 0 Å². The van der Waals surface area contributed by atoms with Crippen LogP contribution in [0.4, 0.5) is 4.39 Å². The van der Waals surface area contributed by atoms with Crippen LogP contribution in [-0.2, 0) is 13.0 Å². The zero-order valence-electron chi connectivity index (χ0n) is 13.1. The number of ether oxygens (including phenoxy) is 1. The molecule has 0 saturated carbocycles. The molecule has 1 unspecified atom stereocenters. The highest BCUT2D eigenvalue weighted by Gasteiger charge is 2.23. The number of halogens is 1. The fraction of sp³-hybridized carbons (Fsp3) is 0.412. The van der Waals surface area contributed by atoms with Gasteiger partial charge >= 0.3 is 0 Å². The number of fused-ring (bicyclic) bond motifs is 1. The van der Waals surface area contributed by atoms with Gasteiger partial charge in [-0.2, -0.15) is 0 Å². The molecule has 0 radical (unpaired) electrons. The van der Waals surface area contributed by atoms with E-state index in [1.165, 1.54) is 18.5 Å². The summed E-state index contributed by atoms with van der Waals surface area (Å²) in [7, 11) is 0. The fourth-order valence-electron chi connectivity index (χ4n) is 2.85. The van der Waals surface area contributed by atoms with Gasteiger partial charge in [0.1, 0.15) is 12.1 Å². The Balaban J connectivity index is 1.72. The van der Waals surface area contributed by atoms with Crippen molar-refractivity contribution < 1.29 is 14.2 Å².